The number of ether oxygens (including phenoxy) is 1. The largest absolute Gasteiger partial charge is 0.385 e. The molecule has 0 spiro atoms. The Hall–Kier alpha value is -2.39. The second-order valence-electron chi connectivity index (χ2n) is 7.00. The summed E-state index contributed by atoms with van der Waals surface area (Å²) in [6, 6.07) is 5.21. The van der Waals surface area contributed by atoms with Crippen LogP contribution >= 0.6 is 11.8 Å². The van der Waals surface area contributed by atoms with Crippen molar-refractivity contribution in [3.63, 3.8) is 0 Å². The summed E-state index contributed by atoms with van der Waals surface area (Å²) < 4.78 is 32.4. The highest BCUT2D eigenvalue weighted by Gasteiger charge is 2.20. The molecule has 11 heteroatoms. The monoisotopic (exact) mass is 465 g/mol. The van der Waals surface area contributed by atoms with E-state index >= 15 is 0 Å². The van der Waals surface area contributed by atoms with Crippen molar-refractivity contribution in [2.45, 2.75) is 36.7 Å². The van der Waals surface area contributed by atoms with Crippen LogP contribution in [-0.4, -0.2) is 61.7 Å². The lowest BCUT2D eigenvalue weighted by atomic mass is 10.2. The summed E-state index contributed by atoms with van der Waals surface area (Å²) in [4.78, 5) is 16.8. The topological polar surface area (TPSA) is 117 Å². The number of carbonyl (C=O) groups excluding carboxylic acids is 1. The summed E-state index contributed by atoms with van der Waals surface area (Å²) in [5.74, 6) is 0.275. The normalized spacial score (nSPS) is 11.5. The third-order valence-corrected chi connectivity index (χ3v) is 7.51. The van der Waals surface area contributed by atoms with E-state index in [1.165, 1.54) is 38.1 Å². The third kappa shape index (κ3) is 5.86. The molecule has 1 amide bonds. The Morgan fingerprint density at radius 1 is 1.35 bits per heavy atom. The molecule has 0 radical (unpaired) electrons. The maximum atomic E-state index is 12.6. The van der Waals surface area contributed by atoms with E-state index in [1.54, 1.807) is 13.2 Å². The van der Waals surface area contributed by atoms with Crippen molar-refractivity contribution in [3.8, 4) is 6.07 Å². The Labute approximate surface area is 187 Å². The van der Waals surface area contributed by atoms with E-state index in [2.05, 4.69) is 16.4 Å². The van der Waals surface area contributed by atoms with Crippen LogP contribution in [0.3, 0.4) is 0 Å². The number of aromatic nitrogens is 2. The van der Waals surface area contributed by atoms with Gasteiger partial charge >= 0.3 is 0 Å². The first-order valence-electron chi connectivity index (χ1n) is 9.53. The van der Waals surface area contributed by atoms with E-state index in [4.69, 9.17) is 4.74 Å². The van der Waals surface area contributed by atoms with E-state index in [9.17, 15) is 18.5 Å². The second-order valence-corrected chi connectivity index (χ2v) is 10.1. The Kier molecular flexibility index (Phi) is 8.64. The van der Waals surface area contributed by atoms with Crippen LogP contribution in [0.2, 0.25) is 0 Å². The Morgan fingerprint density at radius 2 is 2.06 bits per heavy atom. The maximum absolute atomic E-state index is 12.6. The van der Waals surface area contributed by atoms with Gasteiger partial charge in [0.1, 0.15) is 16.8 Å². The fourth-order valence-electron chi connectivity index (χ4n) is 2.90. The molecule has 0 saturated heterocycles. The molecule has 31 heavy (non-hydrogen) atoms. The number of methoxy groups -OCH3 is 1. The van der Waals surface area contributed by atoms with Crippen molar-refractivity contribution >= 4 is 33.5 Å². The standard InChI is InChI=1S/C20H27N5O4S2/c1-14-15(2)25(9-6-10-29-5)20(17(14)11-21)23-18(26)13-30-19-8-7-16(12-22-19)31(27,28)24(3)4/h7-8,12H,6,9-10,13H2,1-5H3,(H,23,26). The Morgan fingerprint density at radius 3 is 2.61 bits per heavy atom. The van der Waals surface area contributed by atoms with Gasteiger partial charge in [0.2, 0.25) is 15.9 Å². The lowest BCUT2D eigenvalue weighted by Gasteiger charge is -2.13. The highest BCUT2D eigenvalue weighted by molar-refractivity contribution is 7.99. The first-order valence-corrected chi connectivity index (χ1v) is 12.0. The van der Waals surface area contributed by atoms with Crippen molar-refractivity contribution in [2.24, 2.45) is 0 Å². The number of sulfonamides is 1. The van der Waals surface area contributed by atoms with Crippen molar-refractivity contribution in [3.05, 3.63) is 35.2 Å². The van der Waals surface area contributed by atoms with Crippen LogP contribution in [0.5, 0.6) is 0 Å². The van der Waals surface area contributed by atoms with Crippen molar-refractivity contribution in [2.75, 3.05) is 38.9 Å². The van der Waals surface area contributed by atoms with Crippen LogP contribution < -0.4 is 5.32 Å². The van der Waals surface area contributed by atoms with E-state index in [-0.39, 0.29) is 16.6 Å². The van der Waals surface area contributed by atoms with Crippen LogP contribution in [0.4, 0.5) is 5.82 Å². The summed E-state index contributed by atoms with van der Waals surface area (Å²) in [6.45, 7) is 4.97. The van der Waals surface area contributed by atoms with E-state index in [1.807, 2.05) is 18.4 Å². The first-order chi connectivity index (χ1) is 14.6. The molecule has 0 aliphatic rings. The lowest BCUT2D eigenvalue weighted by Crippen LogP contribution is -2.22. The number of pyridine rings is 1. The van der Waals surface area contributed by atoms with Gasteiger partial charge in [-0.2, -0.15) is 5.26 Å². The minimum Gasteiger partial charge on any atom is -0.385 e. The molecular weight excluding hydrogens is 438 g/mol. The van der Waals surface area contributed by atoms with Crippen molar-refractivity contribution in [1.29, 1.82) is 5.26 Å². The number of nitrogens with one attached hydrogen (secondary N) is 1. The fraction of sp³-hybridized carbons (Fsp3) is 0.450. The van der Waals surface area contributed by atoms with Gasteiger partial charge in [0.05, 0.1) is 16.3 Å². The molecule has 0 aliphatic carbocycles. The molecular formula is C20H27N5O4S2. The van der Waals surface area contributed by atoms with Crippen LogP contribution in [0.25, 0.3) is 0 Å². The average molecular weight is 466 g/mol. The predicted octanol–water partition coefficient (Wildman–Crippen LogP) is 2.39. The lowest BCUT2D eigenvalue weighted by molar-refractivity contribution is -0.113. The minimum atomic E-state index is -3.55. The SMILES string of the molecule is COCCCn1c(C)c(C)c(C#N)c1NC(=O)CSc1ccc(S(=O)(=O)N(C)C)cn1. The number of anilines is 1. The molecule has 9 nitrogen and oxygen atoms in total. The Bertz CT molecular complexity index is 1070. The summed E-state index contributed by atoms with van der Waals surface area (Å²) >= 11 is 1.18. The molecule has 2 rings (SSSR count). The van der Waals surface area contributed by atoms with Gasteiger partial charge < -0.3 is 14.6 Å². The molecule has 0 saturated carbocycles. The zero-order valence-electron chi connectivity index (χ0n) is 18.3. The quantitative estimate of drug-likeness (QED) is 0.423. The number of nitriles is 1. The van der Waals surface area contributed by atoms with Gasteiger partial charge in [0.15, 0.2) is 0 Å². The van der Waals surface area contributed by atoms with Gasteiger partial charge in [-0.25, -0.2) is 17.7 Å². The van der Waals surface area contributed by atoms with Crippen LogP contribution in [0.1, 0.15) is 23.2 Å². The van der Waals surface area contributed by atoms with Crippen LogP contribution in [0, 0.1) is 25.2 Å². The fourth-order valence-corrected chi connectivity index (χ4v) is 4.39. The molecule has 168 valence electrons. The molecule has 0 bridgehead atoms. The summed E-state index contributed by atoms with van der Waals surface area (Å²) in [7, 11) is 0.982. The molecule has 0 aromatic carbocycles. The average Bonchev–Trinajstić information content (AvgIpc) is 2.96. The number of rotatable bonds is 10. The van der Waals surface area contributed by atoms with Gasteiger partial charge in [-0.3, -0.25) is 4.79 Å². The molecule has 0 aliphatic heterocycles. The minimum absolute atomic E-state index is 0.0684. The van der Waals surface area contributed by atoms with Gasteiger partial charge in [0.25, 0.3) is 0 Å². The smallest absolute Gasteiger partial charge is 0.244 e. The maximum Gasteiger partial charge on any atom is 0.244 e. The molecule has 0 fully saturated rings. The van der Waals surface area contributed by atoms with E-state index < -0.39 is 10.0 Å². The predicted molar refractivity (Wildman–Crippen MR) is 120 cm³/mol. The number of amides is 1. The van der Waals surface area contributed by atoms with E-state index in [0.717, 1.165) is 22.0 Å². The molecule has 2 heterocycles. The zero-order valence-corrected chi connectivity index (χ0v) is 19.9. The summed E-state index contributed by atoms with van der Waals surface area (Å²) in [5.41, 5.74) is 2.21. The van der Waals surface area contributed by atoms with Gasteiger partial charge in [-0.15, -0.1) is 0 Å². The zero-order chi connectivity index (χ0) is 23.2. The highest BCUT2D eigenvalue weighted by Crippen LogP contribution is 2.27. The Balaban J connectivity index is 2.09. The highest BCUT2D eigenvalue weighted by atomic mass is 32.2. The van der Waals surface area contributed by atoms with Crippen LogP contribution in [0.15, 0.2) is 28.3 Å². The van der Waals surface area contributed by atoms with Crippen LogP contribution in [-0.2, 0) is 26.1 Å². The number of nitrogens with zero attached hydrogens (tertiary/aromatic N) is 4. The number of carbonyl (C=O) groups is 1. The molecule has 0 atom stereocenters. The number of hydrogen-bond acceptors (Lipinski definition) is 7. The van der Waals surface area contributed by atoms with E-state index in [0.29, 0.717) is 29.6 Å². The van der Waals surface area contributed by atoms with Gasteiger partial charge in [-0.05, 0) is 38.0 Å². The number of hydrogen-bond donors (Lipinski definition) is 1. The van der Waals surface area contributed by atoms with Gasteiger partial charge in [0, 0.05) is 46.2 Å². The third-order valence-electron chi connectivity index (χ3n) is 4.77. The van der Waals surface area contributed by atoms with Gasteiger partial charge in [-0.1, -0.05) is 11.8 Å². The van der Waals surface area contributed by atoms with Crippen molar-refractivity contribution in [1.82, 2.24) is 13.9 Å². The first kappa shape index (κ1) is 24.9. The summed E-state index contributed by atoms with van der Waals surface area (Å²) in [6.07, 6.45) is 2.02. The second kappa shape index (κ2) is 10.8. The molecule has 2 aromatic rings. The number of thioether (sulfide) groups is 1. The molecule has 1 N–H and O–H groups in total. The van der Waals surface area contributed by atoms with Crippen molar-refractivity contribution < 1.29 is 17.9 Å². The molecule has 0 unspecified atom stereocenters. The summed E-state index contributed by atoms with van der Waals surface area (Å²) in [5, 5.41) is 12.9. The molecule has 2 aromatic heterocycles.